The maximum atomic E-state index is 6.36. The van der Waals surface area contributed by atoms with E-state index in [1.54, 1.807) is 11.3 Å². The first-order valence-corrected chi connectivity index (χ1v) is 7.10. The van der Waals surface area contributed by atoms with Crippen molar-refractivity contribution in [3.05, 3.63) is 50.4 Å². The number of hydrogen-bond donors (Lipinski definition) is 1. The van der Waals surface area contributed by atoms with Gasteiger partial charge in [0.05, 0.1) is 5.54 Å². The topological polar surface area (TPSA) is 38.9 Å². The first-order chi connectivity index (χ1) is 7.97. The van der Waals surface area contributed by atoms with Crippen LogP contribution in [0.15, 0.2) is 34.1 Å². The van der Waals surface area contributed by atoms with E-state index in [0.29, 0.717) is 0 Å². The van der Waals surface area contributed by atoms with Gasteiger partial charge in [-0.2, -0.15) is 0 Å². The number of rotatable bonds is 3. The minimum atomic E-state index is -0.396. The summed E-state index contributed by atoms with van der Waals surface area (Å²) < 4.78 is 1.09. The number of benzene rings is 1. The predicted octanol–water partition coefficient (Wildman–Crippen LogP) is 3.63. The fourth-order valence-corrected chi connectivity index (χ4v) is 2.86. The van der Waals surface area contributed by atoms with Crippen LogP contribution in [0.3, 0.4) is 0 Å². The summed E-state index contributed by atoms with van der Waals surface area (Å²) in [5, 5.41) is 3.04. The van der Waals surface area contributed by atoms with Crippen LogP contribution in [0.4, 0.5) is 0 Å². The molecule has 0 saturated carbocycles. The Bertz CT molecular complexity index is 502. The summed E-state index contributed by atoms with van der Waals surface area (Å²) in [6.07, 6.45) is 0.799. The smallest absolute Gasteiger partial charge is 0.113 e. The van der Waals surface area contributed by atoms with Crippen molar-refractivity contribution in [3.63, 3.8) is 0 Å². The van der Waals surface area contributed by atoms with E-state index in [1.165, 1.54) is 5.56 Å². The molecule has 4 heteroatoms. The third-order valence-electron chi connectivity index (χ3n) is 2.59. The Labute approximate surface area is 114 Å². The summed E-state index contributed by atoms with van der Waals surface area (Å²) in [6, 6.07) is 8.27. The standard InChI is InChI=1S/C13H15BrN2S/c1-9-8-17-12(16-9)13(2,15)7-10-3-5-11(14)6-4-10/h3-6,8H,7,15H2,1-2H3. The lowest BCUT2D eigenvalue weighted by Crippen LogP contribution is -2.35. The SMILES string of the molecule is Cc1csc(C(C)(N)Cc2ccc(Br)cc2)n1. The van der Waals surface area contributed by atoms with E-state index in [2.05, 4.69) is 33.0 Å². The summed E-state index contributed by atoms with van der Waals surface area (Å²) in [6.45, 7) is 4.03. The van der Waals surface area contributed by atoms with Gasteiger partial charge in [-0.3, -0.25) is 0 Å². The van der Waals surface area contributed by atoms with Gasteiger partial charge in [-0.1, -0.05) is 28.1 Å². The van der Waals surface area contributed by atoms with E-state index in [0.717, 1.165) is 21.6 Å². The average molecular weight is 311 g/mol. The van der Waals surface area contributed by atoms with E-state index in [-0.39, 0.29) is 0 Å². The molecule has 0 aliphatic heterocycles. The predicted molar refractivity (Wildman–Crippen MR) is 76.2 cm³/mol. The second kappa shape index (κ2) is 4.88. The Hall–Kier alpha value is -0.710. The second-order valence-electron chi connectivity index (χ2n) is 4.51. The fourth-order valence-electron chi connectivity index (χ4n) is 1.72. The zero-order valence-electron chi connectivity index (χ0n) is 9.90. The summed E-state index contributed by atoms with van der Waals surface area (Å²) >= 11 is 5.07. The first kappa shape index (κ1) is 12.7. The van der Waals surface area contributed by atoms with Crippen molar-refractivity contribution in [2.45, 2.75) is 25.8 Å². The molecule has 1 heterocycles. The van der Waals surface area contributed by atoms with Crippen molar-refractivity contribution in [3.8, 4) is 0 Å². The highest BCUT2D eigenvalue weighted by Gasteiger charge is 2.24. The van der Waals surface area contributed by atoms with Gasteiger partial charge in [-0.05, 0) is 38.0 Å². The quantitative estimate of drug-likeness (QED) is 0.940. The summed E-state index contributed by atoms with van der Waals surface area (Å²) in [7, 11) is 0. The molecule has 0 saturated heterocycles. The zero-order valence-corrected chi connectivity index (χ0v) is 12.3. The average Bonchev–Trinajstić information content (AvgIpc) is 2.69. The number of thiazole rings is 1. The molecular formula is C13H15BrN2S. The second-order valence-corrected chi connectivity index (χ2v) is 6.29. The number of nitrogens with zero attached hydrogens (tertiary/aromatic N) is 1. The van der Waals surface area contributed by atoms with Crippen LogP contribution < -0.4 is 5.73 Å². The minimum Gasteiger partial charge on any atom is -0.319 e. The largest absolute Gasteiger partial charge is 0.319 e. The molecule has 2 nitrogen and oxygen atoms in total. The zero-order chi connectivity index (χ0) is 12.5. The van der Waals surface area contributed by atoms with Crippen molar-refractivity contribution in [1.82, 2.24) is 4.98 Å². The third kappa shape index (κ3) is 3.15. The maximum Gasteiger partial charge on any atom is 0.113 e. The molecule has 0 amide bonds. The number of aryl methyl sites for hydroxylation is 1. The molecule has 1 atom stereocenters. The van der Waals surface area contributed by atoms with Gasteiger partial charge in [0, 0.05) is 15.5 Å². The Kier molecular flexibility index (Phi) is 3.66. The van der Waals surface area contributed by atoms with E-state index < -0.39 is 5.54 Å². The Balaban J connectivity index is 2.19. The van der Waals surface area contributed by atoms with Crippen LogP contribution in [0, 0.1) is 6.92 Å². The maximum absolute atomic E-state index is 6.36. The van der Waals surface area contributed by atoms with Gasteiger partial charge < -0.3 is 5.73 Å². The number of nitrogens with two attached hydrogens (primary N) is 1. The van der Waals surface area contributed by atoms with Crippen molar-refractivity contribution in [2.24, 2.45) is 5.73 Å². The van der Waals surface area contributed by atoms with Crippen LogP contribution in [-0.4, -0.2) is 4.98 Å². The molecule has 0 radical (unpaired) electrons. The molecule has 1 unspecified atom stereocenters. The summed E-state index contributed by atoms with van der Waals surface area (Å²) in [5.74, 6) is 0. The molecule has 1 aromatic carbocycles. The lowest BCUT2D eigenvalue weighted by Gasteiger charge is -2.22. The molecule has 2 N–H and O–H groups in total. The van der Waals surface area contributed by atoms with Crippen LogP contribution >= 0.6 is 27.3 Å². The van der Waals surface area contributed by atoms with Crippen molar-refractivity contribution in [1.29, 1.82) is 0 Å². The summed E-state index contributed by atoms with van der Waals surface area (Å²) in [4.78, 5) is 4.48. The van der Waals surface area contributed by atoms with Crippen LogP contribution in [0.5, 0.6) is 0 Å². The van der Waals surface area contributed by atoms with E-state index >= 15 is 0 Å². The van der Waals surface area contributed by atoms with Gasteiger partial charge in [0.2, 0.25) is 0 Å². The Morgan fingerprint density at radius 1 is 1.35 bits per heavy atom. The molecule has 90 valence electrons. The molecule has 0 fully saturated rings. The molecule has 1 aromatic heterocycles. The van der Waals surface area contributed by atoms with Crippen molar-refractivity contribution in [2.75, 3.05) is 0 Å². The monoisotopic (exact) mass is 310 g/mol. The molecule has 0 aliphatic rings. The highest BCUT2D eigenvalue weighted by atomic mass is 79.9. The first-order valence-electron chi connectivity index (χ1n) is 5.43. The van der Waals surface area contributed by atoms with Gasteiger partial charge in [0.1, 0.15) is 5.01 Å². The molecule has 0 spiro atoms. The Morgan fingerprint density at radius 3 is 2.53 bits per heavy atom. The highest BCUT2D eigenvalue weighted by Crippen LogP contribution is 2.26. The normalized spacial score (nSPS) is 14.6. The van der Waals surface area contributed by atoms with Crippen LogP contribution in [0.25, 0.3) is 0 Å². The number of halogens is 1. The molecular weight excluding hydrogens is 296 g/mol. The van der Waals surface area contributed by atoms with E-state index in [1.807, 2.05) is 31.4 Å². The van der Waals surface area contributed by atoms with Gasteiger partial charge in [-0.25, -0.2) is 4.98 Å². The molecule has 2 rings (SSSR count). The van der Waals surface area contributed by atoms with Crippen LogP contribution in [0.1, 0.15) is 23.2 Å². The van der Waals surface area contributed by atoms with Gasteiger partial charge >= 0.3 is 0 Å². The molecule has 0 aliphatic carbocycles. The minimum absolute atomic E-state index is 0.396. The summed E-state index contributed by atoms with van der Waals surface area (Å²) in [5.41, 5.74) is 8.23. The number of aromatic nitrogens is 1. The lowest BCUT2D eigenvalue weighted by molar-refractivity contribution is 0.487. The lowest BCUT2D eigenvalue weighted by atomic mass is 9.95. The van der Waals surface area contributed by atoms with E-state index in [9.17, 15) is 0 Å². The molecule has 0 bridgehead atoms. The highest BCUT2D eigenvalue weighted by molar-refractivity contribution is 9.10. The van der Waals surface area contributed by atoms with Crippen molar-refractivity contribution < 1.29 is 0 Å². The fraction of sp³-hybridized carbons (Fsp3) is 0.308. The van der Waals surface area contributed by atoms with Gasteiger partial charge in [0.15, 0.2) is 0 Å². The van der Waals surface area contributed by atoms with E-state index in [4.69, 9.17) is 5.73 Å². The Morgan fingerprint density at radius 2 is 2.00 bits per heavy atom. The third-order valence-corrected chi connectivity index (χ3v) is 4.36. The van der Waals surface area contributed by atoms with Crippen molar-refractivity contribution >= 4 is 27.3 Å². The van der Waals surface area contributed by atoms with Gasteiger partial charge in [0.25, 0.3) is 0 Å². The molecule has 2 aromatic rings. The van der Waals surface area contributed by atoms with Gasteiger partial charge in [-0.15, -0.1) is 11.3 Å². The number of hydrogen-bond acceptors (Lipinski definition) is 3. The van der Waals surface area contributed by atoms with Crippen LogP contribution in [-0.2, 0) is 12.0 Å². The van der Waals surface area contributed by atoms with Crippen LogP contribution in [0.2, 0.25) is 0 Å². The molecule has 17 heavy (non-hydrogen) atoms.